The minimum absolute atomic E-state index is 0. The Labute approximate surface area is 171 Å². The van der Waals surface area contributed by atoms with Crippen LogP contribution in [0.2, 0.25) is 0 Å². The zero-order chi connectivity index (χ0) is 19.6. The van der Waals surface area contributed by atoms with E-state index in [-0.39, 0.29) is 32.6 Å². The summed E-state index contributed by atoms with van der Waals surface area (Å²) in [7, 11) is 0. The minimum atomic E-state index is -2.14. The van der Waals surface area contributed by atoms with Crippen molar-refractivity contribution >= 4 is 11.8 Å². The molecule has 146 valence electrons. The minimum Gasteiger partial charge on any atom is -0.546 e. The maximum Gasteiger partial charge on any atom is 0.226 e. The Kier molecular flexibility index (Phi) is 9.99. The van der Waals surface area contributed by atoms with Crippen LogP contribution in [-0.4, -0.2) is 40.4 Å². The molecule has 0 aliphatic rings. The van der Waals surface area contributed by atoms with Crippen LogP contribution in [0.4, 0.5) is 0 Å². The average molecular weight is 437 g/mol. The van der Waals surface area contributed by atoms with Crippen LogP contribution < -0.4 is 5.11 Å². The van der Waals surface area contributed by atoms with Crippen molar-refractivity contribution in [1.29, 1.82) is 0 Å². The molecular formula is C18H33O6Zr-. The van der Waals surface area contributed by atoms with Crippen LogP contribution >= 0.6 is 0 Å². The Morgan fingerprint density at radius 2 is 1.20 bits per heavy atom. The number of ether oxygens (including phenoxy) is 3. The number of Topliss-reactive ketones (excluding diaryl/α,β-unsaturated/α-hetero) is 1. The third-order valence-electron chi connectivity index (χ3n) is 2.84. The molecule has 7 heteroatoms. The van der Waals surface area contributed by atoms with Gasteiger partial charge in [-0.25, -0.2) is 0 Å². The number of carboxylic acids is 1. The number of aliphatic carboxylic acids is 1. The molecule has 0 aromatic heterocycles. The van der Waals surface area contributed by atoms with E-state index in [4.69, 9.17) is 14.2 Å². The molecule has 0 radical (unpaired) electrons. The van der Waals surface area contributed by atoms with Crippen molar-refractivity contribution in [1.82, 2.24) is 0 Å². The summed E-state index contributed by atoms with van der Waals surface area (Å²) in [6.45, 7) is 17.2. The fourth-order valence-corrected chi connectivity index (χ4v) is 2.07. The summed E-state index contributed by atoms with van der Waals surface area (Å²) in [5, 5.41) is 11.8. The van der Waals surface area contributed by atoms with Crippen molar-refractivity contribution in [2.45, 2.75) is 104 Å². The van der Waals surface area contributed by atoms with Crippen LogP contribution in [-0.2, 0) is 50.0 Å². The van der Waals surface area contributed by atoms with Crippen LogP contribution in [0.25, 0.3) is 0 Å². The normalized spacial score (nSPS) is 15.5. The van der Waals surface area contributed by atoms with E-state index in [0.29, 0.717) is 0 Å². The van der Waals surface area contributed by atoms with E-state index < -0.39 is 40.4 Å². The molecule has 25 heavy (non-hydrogen) atoms. The van der Waals surface area contributed by atoms with Crippen molar-refractivity contribution < 1.29 is 55.1 Å². The zero-order valence-corrected chi connectivity index (χ0v) is 19.7. The van der Waals surface area contributed by atoms with Gasteiger partial charge in [-0.05, 0) is 68.7 Å². The van der Waals surface area contributed by atoms with Crippen molar-refractivity contribution in [3.8, 4) is 0 Å². The van der Waals surface area contributed by atoms with Crippen molar-refractivity contribution in [2.75, 3.05) is 0 Å². The Morgan fingerprint density at radius 3 is 1.40 bits per heavy atom. The molecule has 6 nitrogen and oxygen atoms in total. The molecule has 0 spiro atoms. The Bertz CT molecular complexity index is 440. The van der Waals surface area contributed by atoms with Gasteiger partial charge in [-0.2, -0.15) is 0 Å². The predicted octanol–water partition coefficient (Wildman–Crippen LogP) is 2.22. The van der Waals surface area contributed by atoms with Gasteiger partial charge in [0.2, 0.25) is 12.1 Å². The molecule has 0 aromatic rings. The average Bonchev–Trinajstić information content (AvgIpc) is 2.29. The molecule has 0 saturated carbocycles. The number of rotatable bonds is 7. The molecular weight excluding hydrogens is 403 g/mol. The van der Waals surface area contributed by atoms with Gasteiger partial charge < -0.3 is 24.1 Å². The van der Waals surface area contributed by atoms with Crippen LogP contribution in [0.1, 0.15) is 75.7 Å². The summed E-state index contributed by atoms with van der Waals surface area (Å²) < 4.78 is 17.0. The fourth-order valence-electron chi connectivity index (χ4n) is 2.07. The van der Waals surface area contributed by atoms with Gasteiger partial charge in [0.1, 0.15) is 0 Å². The fraction of sp³-hybridized carbons (Fsp3) is 0.889. The molecule has 0 aliphatic heterocycles. The second kappa shape index (κ2) is 9.21. The first kappa shape index (κ1) is 27.1. The summed E-state index contributed by atoms with van der Waals surface area (Å²) in [4.78, 5) is 24.9. The predicted molar refractivity (Wildman–Crippen MR) is 89.3 cm³/mol. The molecule has 1 atom stereocenters. The number of carbonyl (C=O) groups is 2. The van der Waals surface area contributed by atoms with E-state index in [1.165, 1.54) is 0 Å². The summed E-state index contributed by atoms with van der Waals surface area (Å²) >= 11 is 0. The Hall–Kier alpha value is -0.0969. The number of carboxylic acid groups (broad SMARTS) is 1. The van der Waals surface area contributed by atoms with E-state index in [2.05, 4.69) is 0 Å². The van der Waals surface area contributed by atoms with Crippen LogP contribution in [0.3, 0.4) is 0 Å². The van der Waals surface area contributed by atoms with Gasteiger partial charge in [-0.3, -0.25) is 4.79 Å². The van der Waals surface area contributed by atoms with E-state index in [9.17, 15) is 14.7 Å². The van der Waals surface area contributed by atoms with Gasteiger partial charge in [-0.15, -0.1) is 0 Å². The van der Waals surface area contributed by atoms with Gasteiger partial charge in [0.25, 0.3) is 0 Å². The quantitative estimate of drug-likeness (QED) is 0.449. The molecule has 0 heterocycles. The third kappa shape index (κ3) is 9.41. The second-order valence-electron chi connectivity index (χ2n) is 8.84. The first-order chi connectivity index (χ1) is 10.4. The van der Waals surface area contributed by atoms with E-state index in [0.717, 1.165) is 0 Å². The second-order valence-corrected chi connectivity index (χ2v) is 8.84. The molecule has 1 unspecified atom stereocenters. The molecule has 0 aromatic carbocycles. The van der Waals surface area contributed by atoms with E-state index in [1.54, 1.807) is 69.2 Å². The van der Waals surface area contributed by atoms with Crippen molar-refractivity contribution in [2.24, 2.45) is 0 Å². The number of carbonyl (C=O) groups excluding carboxylic acids is 2. The smallest absolute Gasteiger partial charge is 0.226 e. The number of ketones is 1. The number of hydrogen-bond donors (Lipinski definition) is 0. The molecule has 0 N–H and O–H groups in total. The maximum absolute atomic E-state index is 13.1. The first-order valence-corrected chi connectivity index (χ1v) is 8.25. The topological polar surface area (TPSA) is 84.9 Å². The van der Waals surface area contributed by atoms with Gasteiger partial charge in [-0.1, -0.05) is 6.92 Å². The molecule has 0 bridgehead atoms. The summed E-state index contributed by atoms with van der Waals surface area (Å²) in [6, 6.07) is 0. The van der Waals surface area contributed by atoms with Gasteiger partial charge >= 0.3 is 0 Å². The van der Waals surface area contributed by atoms with Crippen LogP contribution in [0.5, 0.6) is 0 Å². The largest absolute Gasteiger partial charge is 0.546 e. The molecule has 0 aliphatic carbocycles. The monoisotopic (exact) mass is 435 g/mol. The summed E-state index contributed by atoms with van der Waals surface area (Å²) in [6.07, 6.45) is -1.48. The standard InChI is InChI=1S/C18H34O6.Zr/c1-11-18(14(20)21,24-17(8,9)10)12(19)13(22-15(2,3)4)23-16(5,6)7;/h13H,11H2,1-10H3,(H,20,21);/p-1. The van der Waals surface area contributed by atoms with Gasteiger partial charge in [0.15, 0.2) is 5.60 Å². The maximum atomic E-state index is 13.1. The Balaban J connectivity index is 0. The Morgan fingerprint density at radius 1 is 0.840 bits per heavy atom. The van der Waals surface area contributed by atoms with E-state index >= 15 is 0 Å². The number of hydrogen-bond acceptors (Lipinski definition) is 6. The summed E-state index contributed by atoms with van der Waals surface area (Å²) in [5.74, 6) is -2.39. The third-order valence-corrected chi connectivity index (χ3v) is 2.84. The molecule has 0 fully saturated rings. The van der Waals surface area contributed by atoms with Gasteiger partial charge in [0, 0.05) is 26.2 Å². The van der Waals surface area contributed by atoms with Gasteiger partial charge in [0.05, 0.1) is 22.8 Å². The van der Waals surface area contributed by atoms with Crippen LogP contribution in [0, 0.1) is 0 Å². The van der Waals surface area contributed by atoms with Crippen molar-refractivity contribution in [3.05, 3.63) is 0 Å². The van der Waals surface area contributed by atoms with Crippen molar-refractivity contribution in [3.63, 3.8) is 0 Å². The van der Waals surface area contributed by atoms with Crippen LogP contribution in [0.15, 0.2) is 0 Å². The molecule has 0 saturated heterocycles. The summed E-state index contributed by atoms with van der Waals surface area (Å²) in [5.41, 5.74) is -4.42. The first-order valence-electron chi connectivity index (χ1n) is 8.25. The SMILES string of the molecule is CCC(OC(C)(C)C)(C(=O)[O-])C(=O)C(OC(C)(C)C)OC(C)(C)C.[Zr]. The van der Waals surface area contributed by atoms with E-state index in [1.807, 2.05) is 0 Å². The molecule has 0 amide bonds. The molecule has 0 rings (SSSR count). The zero-order valence-electron chi connectivity index (χ0n) is 17.2.